The van der Waals surface area contributed by atoms with Crippen molar-refractivity contribution in [3.8, 4) is 0 Å². The fourth-order valence-electron chi connectivity index (χ4n) is 2.31. The Balaban J connectivity index is 2.97. The van der Waals surface area contributed by atoms with Gasteiger partial charge in [0, 0.05) is 19.3 Å². The van der Waals surface area contributed by atoms with E-state index >= 15 is 0 Å². The van der Waals surface area contributed by atoms with Crippen LogP contribution in [-0.4, -0.2) is 61.6 Å². The fourth-order valence-corrected chi connectivity index (χ4v) is 2.31. The molecule has 7 nitrogen and oxygen atoms in total. The van der Waals surface area contributed by atoms with Gasteiger partial charge < -0.3 is 14.2 Å². The van der Waals surface area contributed by atoms with Gasteiger partial charge in [0.1, 0.15) is 25.6 Å². The number of methoxy groups -OCH3 is 1. The standard InChI is InChI=1S/C13H22BNO6/c1-7(16)20-9-6-8(11(17)19-5)15(10(9)14)12(18)21-13(2,3)4/h8-10H,6,14H2,1-5H3/t8-,9+,10+/m0/s1. The molecule has 1 saturated heterocycles. The summed E-state index contributed by atoms with van der Waals surface area (Å²) in [5.41, 5.74) is -0.684. The summed E-state index contributed by atoms with van der Waals surface area (Å²) in [4.78, 5) is 36.6. The van der Waals surface area contributed by atoms with E-state index in [2.05, 4.69) is 0 Å². The molecule has 0 N–H and O–H groups in total. The van der Waals surface area contributed by atoms with E-state index < -0.39 is 41.7 Å². The number of esters is 2. The third-order valence-electron chi connectivity index (χ3n) is 3.16. The predicted octanol–water partition coefficient (Wildman–Crippen LogP) is 0.0597. The summed E-state index contributed by atoms with van der Waals surface area (Å²) in [7, 11) is 2.96. The lowest BCUT2D eigenvalue weighted by molar-refractivity contribution is -0.148. The lowest BCUT2D eigenvalue weighted by atomic mass is 9.91. The number of likely N-dealkylation sites (tertiary alicyclic amines) is 1. The van der Waals surface area contributed by atoms with Crippen LogP contribution in [0.3, 0.4) is 0 Å². The van der Waals surface area contributed by atoms with Crippen LogP contribution in [0.25, 0.3) is 0 Å². The van der Waals surface area contributed by atoms with Crippen LogP contribution in [-0.2, 0) is 23.8 Å². The van der Waals surface area contributed by atoms with Crippen LogP contribution in [0.15, 0.2) is 0 Å². The highest BCUT2D eigenvalue weighted by Crippen LogP contribution is 2.28. The third kappa shape index (κ3) is 4.37. The minimum atomic E-state index is -0.816. The number of carbonyl (C=O) groups is 3. The topological polar surface area (TPSA) is 82.1 Å². The van der Waals surface area contributed by atoms with Crippen molar-refractivity contribution in [3.05, 3.63) is 0 Å². The van der Waals surface area contributed by atoms with E-state index in [1.165, 1.54) is 18.9 Å². The van der Waals surface area contributed by atoms with Gasteiger partial charge in [0.25, 0.3) is 0 Å². The van der Waals surface area contributed by atoms with Crippen LogP contribution in [0.5, 0.6) is 0 Å². The summed E-state index contributed by atoms with van der Waals surface area (Å²) in [5, 5.41) is 0. The first-order valence-electron chi connectivity index (χ1n) is 6.83. The molecule has 1 rings (SSSR count). The Labute approximate surface area is 125 Å². The number of hydrogen-bond acceptors (Lipinski definition) is 6. The molecule has 0 unspecified atom stereocenters. The molecule has 0 saturated carbocycles. The molecule has 0 radical (unpaired) electrons. The SMILES string of the molecule is B[C@H]1[C@H](OC(C)=O)C[C@@H](C(=O)OC)N1C(=O)OC(C)(C)C. The van der Waals surface area contributed by atoms with Crippen LogP contribution in [0.2, 0.25) is 0 Å². The Morgan fingerprint density at radius 3 is 2.24 bits per heavy atom. The molecule has 118 valence electrons. The van der Waals surface area contributed by atoms with Crippen LogP contribution >= 0.6 is 0 Å². The van der Waals surface area contributed by atoms with Crippen molar-refractivity contribution in [1.29, 1.82) is 0 Å². The Morgan fingerprint density at radius 2 is 1.81 bits per heavy atom. The summed E-state index contributed by atoms with van der Waals surface area (Å²) in [6, 6.07) is -0.816. The largest absolute Gasteiger partial charge is 0.467 e. The van der Waals surface area contributed by atoms with Crippen molar-refractivity contribution in [2.75, 3.05) is 7.11 Å². The molecule has 3 atom stereocenters. The molecule has 0 aromatic rings. The molecule has 0 bridgehead atoms. The van der Waals surface area contributed by atoms with E-state index in [1.807, 2.05) is 0 Å². The molecule has 0 aromatic heterocycles. The fraction of sp³-hybridized carbons (Fsp3) is 0.769. The van der Waals surface area contributed by atoms with Crippen LogP contribution < -0.4 is 0 Å². The number of nitrogens with zero attached hydrogens (tertiary/aromatic N) is 1. The smallest absolute Gasteiger partial charge is 0.410 e. The normalized spacial score (nSPS) is 25.4. The van der Waals surface area contributed by atoms with E-state index in [9.17, 15) is 14.4 Å². The van der Waals surface area contributed by atoms with Crippen LogP contribution in [0.4, 0.5) is 4.79 Å². The first kappa shape index (κ1) is 17.3. The lowest BCUT2D eigenvalue weighted by Crippen LogP contribution is -2.49. The van der Waals surface area contributed by atoms with Crippen molar-refractivity contribution in [3.63, 3.8) is 0 Å². The first-order valence-corrected chi connectivity index (χ1v) is 6.83. The Morgan fingerprint density at radius 1 is 1.24 bits per heavy atom. The van der Waals surface area contributed by atoms with E-state index in [0.717, 1.165) is 0 Å². The maximum absolute atomic E-state index is 12.3. The molecular weight excluding hydrogens is 277 g/mol. The molecule has 1 aliphatic heterocycles. The second kappa shape index (κ2) is 6.36. The van der Waals surface area contributed by atoms with Gasteiger partial charge in [0.15, 0.2) is 0 Å². The zero-order valence-corrected chi connectivity index (χ0v) is 13.3. The van der Waals surface area contributed by atoms with Crippen molar-refractivity contribution in [2.24, 2.45) is 0 Å². The second-order valence-corrected chi connectivity index (χ2v) is 6.05. The van der Waals surface area contributed by atoms with E-state index in [-0.39, 0.29) is 6.42 Å². The maximum Gasteiger partial charge on any atom is 0.410 e. The average molecular weight is 299 g/mol. The average Bonchev–Trinajstić information content (AvgIpc) is 2.63. The minimum Gasteiger partial charge on any atom is -0.467 e. The van der Waals surface area contributed by atoms with Crippen molar-refractivity contribution in [2.45, 2.75) is 57.8 Å². The summed E-state index contributed by atoms with van der Waals surface area (Å²) in [6.45, 7) is 6.50. The van der Waals surface area contributed by atoms with Gasteiger partial charge in [-0.1, -0.05) is 0 Å². The van der Waals surface area contributed by atoms with Gasteiger partial charge in [-0.3, -0.25) is 9.69 Å². The van der Waals surface area contributed by atoms with Crippen molar-refractivity contribution >= 4 is 25.9 Å². The number of carbonyl (C=O) groups excluding carboxylic acids is 3. The van der Waals surface area contributed by atoms with Gasteiger partial charge in [0.05, 0.1) is 7.11 Å². The monoisotopic (exact) mass is 299 g/mol. The predicted molar refractivity (Wildman–Crippen MR) is 76.4 cm³/mol. The van der Waals surface area contributed by atoms with E-state index in [1.54, 1.807) is 28.6 Å². The molecular formula is C13H22BNO6. The Hall–Kier alpha value is -1.73. The lowest BCUT2D eigenvalue weighted by Gasteiger charge is -2.30. The Kier molecular flexibility index (Phi) is 5.25. The summed E-state index contributed by atoms with van der Waals surface area (Å²) in [5.74, 6) is -1.48. The zero-order chi connectivity index (χ0) is 16.4. The highest BCUT2D eigenvalue weighted by molar-refractivity contribution is 6.14. The van der Waals surface area contributed by atoms with Gasteiger partial charge in [0.2, 0.25) is 0 Å². The third-order valence-corrected chi connectivity index (χ3v) is 3.16. The number of ether oxygens (including phenoxy) is 3. The molecule has 21 heavy (non-hydrogen) atoms. The van der Waals surface area contributed by atoms with Crippen molar-refractivity contribution < 1.29 is 28.6 Å². The summed E-state index contributed by atoms with van der Waals surface area (Å²) >= 11 is 0. The summed E-state index contributed by atoms with van der Waals surface area (Å²) in [6.07, 6.45) is -0.980. The Bertz CT molecular complexity index is 433. The van der Waals surface area contributed by atoms with E-state index in [0.29, 0.717) is 0 Å². The number of amides is 1. The highest BCUT2D eigenvalue weighted by atomic mass is 16.6. The maximum atomic E-state index is 12.3. The quantitative estimate of drug-likeness (QED) is 0.407. The number of hydrogen-bond donors (Lipinski definition) is 0. The van der Waals surface area contributed by atoms with Gasteiger partial charge in [-0.05, 0) is 20.8 Å². The van der Waals surface area contributed by atoms with Gasteiger partial charge in [-0.25, -0.2) is 9.59 Å². The van der Waals surface area contributed by atoms with Crippen LogP contribution in [0.1, 0.15) is 34.1 Å². The molecule has 1 heterocycles. The highest BCUT2D eigenvalue weighted by Gasteiger charge is 2.48. The van der Waals surface area contributed by atoms with Gasteiger partial charge in [-0.2, -0.15) is 0 Å². The molecule has 1 amide bonds. The molecule has 0 aromatic carbocycles. The molecule has 1 fully saturated rings. The van der Waals surface area contributed by atoms with Gasteiger partial charge >= 0.3 is 18.0 Å². The zero-order valence-electron chi connectivity index (χ0n) is 13.3. The summed E-state index contributed by atoms with van der Waals surface area (Å²) < 4.78 is 15.2. The number of rotatable bonds is 2. The molecule has 0 aliphatic carbocycles. The first-order chi connectivity index (χ1) is 9.56. The second-order valence-electron chi connectivity index (χ2n) is 6.05. The van der Waals surface area contributed by atoms with Crippen LogP contribution in [0, 0.1) is 0 Å². The van der Waals surface area contributed by atoms with Crippen molar-refractivity contribution in [1.82, 2.24) is 4.90 Å². The molecule has 8 heteroatoms. The minimum absolute atomic E-state index is 0.201. The molecule has 1 aliphatic rings. The van der Waals surface area contributed by atoms with E-state index in [4.69, 9.17) is 14.2 Å². The van der Waals surface area contributed by atoms with Gasteiger partial charge in [-0.15, -0.1) is 0 Å². The molecule has 0 spiro atoms.